The van der Waals surface area contributed by atoms with Crippen LogP contribution in [0, 0.1) is 0 Å². The number of methoxy groups -OCH3 is 2. The molecule has 1 aromatic heterocycles. The van der Waals surface area contributed by atoms with Gasteiger partial charge in [0.15, 0.2) is 0 Å². The highest BCUT2D eigenvalue weighted by Gasteiger charge is 2.27. The van der Waals surface area contributed by atoms with Crippen LogP contribution in [0.5, 0.6) is 0 Å². The summed E-state index contributed by atoms with van der Waals surface area (Å²) in [5.41, 5.74) is 1.29. The van der Waals surface area contributed by atoms with Crippen molar-refractivity contribution >= 4 is 5.91 Å². The van der Waals surface area contributed by atoms with Gasteiger partial charge in [-0.25, -0.2) is 0 Å². The van der Waals surface area contributed by atoms with E-state index in [2.05, 4.69) is 9.88 Å². The number of carbonyl (C=O) groups is 1. The highest BCUT2D eigenvalue weighted by atomic mass is 16.7. The third kappa shape index (κ3) is 4.49. The van der Waals surface area contributed by atoms with Crippen molar-refractivity contribution in [3.8, 4) is 0 Å². The molecule has 0 saturated carbocycles. The van der Waals surface area contributed by atoms with Gasteiger partial charge in [0.05, 0.1) is 0 Å². The number of carbonyl (C=O) groups excluding carboxylic acids is 1. The lowest BCUT2D eigenvalue weighted by molar-refractivity contribution is -0.171. The summed E-state index contributed by atoms with van der Waals surface area (Å²) in [5.74, 6) is -0.0891. The summed E-state index contributed by atoms with van der Waals surface area (Å²) in [6.07, 6.45) is 3.87. The van der Waals surface area contributed by atoms with Crippen LogP contribution in [-0.2, 0) is 20.7 Å². The van der Waals surface area contributed by atoms with E-state index in [9.17, 15) is 4.79 Å². The fourth-order valence-electron chi connectivity index (χ4n) is 2.48. The number of nitrogens with zero attached hydrogens (tertiary/aromatic N) is 3. The molecule has 1 amide bonds. The molecule has 21 heavy (non-hydrogen) atoms. The maximum atomic E-state index is 12.1. The third-order valence-electron chi connectivity index (χ3n) is 3.78. The van der Waals surface area contributed by atoms with Crippen molar-refractivity contribution in [2.45, 2.75) is 12.7 Å². The molecule has 0 aliphatic carbocycles. The van der Waals surface area contributed by atoms with E-state index >= 15 is 0 Å². The van der Waals surface area contributed by atoms with E-state index < -0.39 is 6.29 Å². The molecule has 0 spiro atoms. The fraction of sp³-hybridized carbons (Fsp3) is 0.600. The molecule has 2 heterocycles. The zero-order valence-electron chi connectivity index (χ0n) is 12.7. The van der Waals surface area contributed by atoms with Crippen LogP contribution in [0.1, 0.15) is 5.56 Å². The second kappa shape index (κ2) is 8.07. The summed E-state index contributed by atoms with van der Waals surface area (Å²) in [7, 11) is 2.97. The van der Waals surface area contributed by atoms with Gasteiger partial charge < -0.3 is 14.4 Å². The zero-order valence-corrected chi connectivity index (χ0v) is 12.7. The Labute approximate surface area is 125 Å². The number of rotatable bonds is 6. The minimum atomic E-state index is -0.784. The van der Waals surface area contributed by atoms with Crippen LogP contribution in [0.4, 0.5) is 0 Å². The lowest BCUT2D eigenvalue weighted by Gasteiger charge is -2.35. The summed E-state index contributed by atoms with van der Waals surface area (Å²) < 4.78 is 10.0. The molecule has 1 saturated heterocycles. The first-order valence-corrected chi connectivity index (χ1v) is 7.20. The van der Waals surface area contributed by atoms with Gasteiger partial charge in [-0.2, -0.15) is 0 Å². The number of hydrogen-bond donors (Lipinski definition) is 0. The predicted molar refractivity (Wildman–Crippen MR) is 78.8 cm³/mol. The first-order valence-electron chi connectivity index (χ1n) is 7.20. The Morgan fingerprint density at radius 1 is 1.19 bits per heavy atom. The number of hydrogen-bond acceptors (Lipinski definition) is 5. The Hall–Kier alpha value is -1.50. The van der Waals surface area contributed by atoms with Crippen molar-refractivity contribution in [3.05, 3.63) is 30.1 Å². The maximum absolute atomic E-state index is 12.1. The minimum absolute atomic E-state index is 0.0891. The summed E-state index contributed by atoms with van der Waals surface area (Å²) in [5, 5.41) is 0. The molecule has 1 aliphatic rings. The van der Waals surface area contributed by atoms with Crippen molar-refractivity contribution < 1.29 is 14.3 Å². The van der Waals surface area contributed by atoms with E-state index in [1.165, 1.54) is 19.8 Å². The monoisotopic (exact) mass is 293 g/mol. The first-order chi connectivity index (χ1) is 10.2. The predicted octanol–water partition coefficient (Wildman–Crippen LogP) is 0.387. The lowest BCUT2D eigenvalue weighted by atomic mass is 10.2. The average Bonchev–Trinajstić information content (AvgIpc) is 2.55. The second-order valence-electron chi connectivity index (χ2n) is 5.08. The topological polar surface area (TPSA) is 54.9 Å². The Morgan fingerprint density at radius 3 is 2.38 bits per heavy atom. The molecule has 1 aliphatic heterocycles. The SMILES string of the molecule is COC(OC)C(=O)N1CCN(CCc2ccncc2)CC1. The highest BCUT2D eigenvalue weighted by Crippen LogP contribution is 2.07. The van der Waals surface area contributed by atoms with Crippen LogP contribution in [0.15, 0.2) is 24.5 Å². The van der Waals surface area contributed by atoms with E-state index in [1.807, 2.05) is 24.5 Å². The first kappa shape index (κ1) is 15.9. The molecular weight excluding hydrogens is 270 g/mol. The van der Waals surface area contributed by atoms with Gasteiger partial charge in [0.25, 0.3) is 5.91 Å². The minimum Gasteiger partial charge on any atom is -0.348 e. The van der Waals surface area contributed by atoms with Gasteiger partial charge in [-0.1, -0.05) is 0 Å². The van der Waals surface area contributed by atoms with Gasteiger partial charge >= 0.3 is 0 Å². The quantitative estimate of drug-likeness (QED) is 0.710. The molecule has 116 valence electrons. The molecule has 6 heteroatoms. The number of pyridine rings is 1. The van der Waals surface area contributed by atoms with Crippen LogP contribution < -0.4 is 0 Å². The average molecular weight is 293 g/mol. The van der Waals surface area contributed by atoms with Crippen molar-refractivity contribution in [1.82, 2.24) is 14.8 Å². The van der Waals surface area contributed by atoms with Crippen molar-refractivity contribution in [2.24, 2.45) is 0 Å². The molecule has 0 radical (unpaired) electrons. The fourth-order valence-corrected chi connectivity index (χ4v) is 2.48. The van der Waals surface area contributed by atoms with E-state index in [0.717, 1.165) is 39.1 Å². The summed E-state index contributed by atoms with van der Waals surface area (Å²) in [4.78, 5) is 20.3. The van der Waals surface area contributed by atoms with Crippen LogP contribution in [0.3, 0.4) is 0 Å². The van der Waals surface area contributed by atoms with E-state index in [-0.39, 0.29) is 5.91 Å². The number of ether oxygens (including phenoxy) is 2. The molecular formula is C15H23N3O3. The molecule has 0 atom stereocenters. The van der Waals surface area contributed by atoms with Crippen molar-refractivity contribution in [2.75, 3.05) is 46.9 Å². The number of amides is 1. The van der Waals surface area contributed by atoms with Crippen LogP contribution in [0.2, 0.25) is 0 Å². The maximum Gasteiger partial charge on any atom is 0.279 e. The lowest BCUT2D eigenvalue weighted by Crippen LogP contribution is -2.52. The summed E-state index contributed by atoms with van der Waals surface area (Å²) >= 11 is 0. The van der Waals surface area contributed by atoms with Gasteiger partial charge in [0, 0.05) is 59.3 Å². The van der Waals surface area contributed by atoms with Gasteiger partial charge in [0.1, 0.15) is 0 Å². The smallest absolute Gasteiger partial charge is 0.279 e. The number of piperazine rings is 1. The Kier molecular flexibility index (Phi) is 6.10. The molecule has 0 N–H and O–H groups in total. The molecule has 6 nitrogen and oxygen atoms in total. The molecule has 0 bridgehead atoms. The molecule has 2 rings (SSSR count). The van der Waals surface area contributed by atoms with Gasteiger partial charge in [-0.3, -0.25) is 14.7 Å². The van der Waals surface area contributed by atoms with Crippen LogP contribution in [0.25, 0.3) is 0 Å². The van der Waals surface area contributed by atoms with Crippen molar-refractivity contribution in [1.29, 1.82) is 0 Å². The zero-order chi connectivity index (χ0) is 15.1. The number of aromatic nitrogens is 1. The Morgan fingerprint density at radius 2 is 1.81 bits per heavy atom. The summed E-state index contributed by atoms with van der Waals surface area (Å²) in [6.45, 7) is 4.22. The molecule has 1 fully saturated rings. The standard InChI is InChI=1S/C15H23N3O3/c1-20-15(21-2)14(19)18-11-9-17(10-12-18)8-5-13-3-6-16-7-4-13/h3-4,6-7,15H,5,8-12H2,1-2H3. The third-order valence-corrected chi connectivity index (χ3v) is 3.78. The largest absolute Gasteiger partial charge is 0.348 e. The van der Waals surface area contributed by atoms with Crippen molar-refractivity contribution in [3.63, 3.8) is 0 Å². The van der Waals surface area contributed by atoms with E-state index in [0.29, 0.717) is 0 Å². The van der Waals surface area contributed by atoms with Gasteiger partial charge in [-0.05, 0) is 24.1 Å². The van der Waals surface area contributed by atoms with Crippen LogP contribution in [-0.4, -0.2) is 73.9 Å². The normalized spacial score (nSPS) is 16.4. The van der Waals surface area contributed by atoms with E-state index in [1.54, 1.807) is 4.90 Å². The van der Waals surface area contributed by atoms with Gasteiger partial charge in [-0.15, -0.1) is 0 Å². The van der Waals surface area contributed by atoms with Gasteiger partial charge in [0.2, 0.25) is 6.29 Å². The van der Waals surface area contributed by atoms with E-state index in [4.69, 9.17) is 9.47 Å². The Balaban J connectivity index is 1.74. The highest BCUT2D eigenvalue weighted by molar-refractivity contribution is 5.79. The summed E-state index contributed by atoms with van der Waals surface area (Å²) in [6, 6.07) is 4.09. The van der Waals surface area contributed by atoms with Crippen LogP contribution >= 0.6 is 0 Å². The Bertz CT molecular complexity index is 429. The second-order valence-corrected chi connectivity index (χ2v) is 5.08. The molecule has 0 aromatic carbocycles. The molecule has 1 aromatic rings. The molecule has 0 unspecified atom stereocenters.